The first kappa shape index (κ1) is 15.3. The molecule has 1 amide bonds. The molecule has 0 atom stereocenters. The Morgan fingerprint density at radius 2 is 2.00 bits per heavy atom. The maximum Gasteiger partial charge on any atom is 0.254 e. The predicted octanol–water partition coefficient (Wildman–Crippen LogP) is 3.54. The van der Waals surface area contributed by atoms with Gasteiger partial charge in [0, 0.05) is 24.5 Å². The Balaban J connectivity index is 2.57. The lowest BCUT2D eigenvalue weighted by molar-refractivity contribution is 0.0719. The Morgan fingerprint density at radius 3 is 2.62 bits per heavy atom. The highest BCUT2D eigenvalue weighted by Gasteiger charge is 2.20. The lowest BCUT2D eigenvalue weighted by Gasteiger charge is -2.26. The first-order chi connectivity index (χ1) is 10.1. The molecule has 0 fully saturated rings. The number of fused-ring (bicyclic) bond motifs is 1. The zero-order valence-corrected chi connectivity index (χ0v) is 13.2. The Morgan fingerprint density at radius 1 is 1.29 bits per heavy atom. The highest BCUT2D eigenvalue weighted by Crippen LogP contribution is 2.23. The van der Waals surface area contributed by atoms with E-state index in [1.807, 2.05) is 62.9 Å². The van der Waals surface area contributed by atoms with Crippen molar-refractivity contribution in [3.63, 3.8) is 0 Å². The van der Waals surface area contributed by atoms with Gasteiger partial charge in [0.1, 0.15) is 5.82 Å². The number of para-hydroxylation sites is 1. The number of aromatic nitrogens is 1. The van der Waals surface area contributed by atoms with Crippen LogP contribution in [-0.2, 0) is 0 Å². The van der Waals surface area contributed by atoms with E-state index >= 15 is 0 Å². The van der Waals surface area contributed by atoms with Gasteiger partial charge in [0.05, 0.1) is 11.1 Å². The monoisotopic (exact) mass is 285 g/mol. The first-order valence-electron chi connectivity index (χ1n) is 7.53. The van der Waals surface area contributed by atoms with Gasteiger partial charge in [-0.15, -0.1) is 0 Å². The maximum absolute atomic E-state index is 12.9. The lowest BCUT2D eigenvalue weighted by Crippen LogP contribution is -2.36. The van der Waals surface area contributed by atoms with E-state index in [4.69, 9.17) is 0 Å². The third-order valence-corrected chi connectivity index (χ3v) is 3.53. The zero-order chi connectivity index (χ0) is 15.4. The molecule has 21 heavy (non-hydrogen) atoms. The second kappa shape index (κ2) is 6.57. The van der Waals surface area contributed by atoms with Crippen LogP contribution in [0.3, 0.4) is 0 Å². The summed E-state index contributed by atoms with van der Waals surface area (Å²) in [5, 5.41) is 4.11. The van der Waals surface area contributed by atoms with Crippen molar-refractivity contribution in [3.8, 4) is 0 Å². The number of pyridine rings is 1. The average molecular weight is 285 g/mol. The van der Waals surface area contributed by atoms with Gasteiger partial charge < -0.3 is 10.2 Å². The summed E-state index contributed by atoms with van der Waals surface area (Å²) in [4.78, 5) is 19.3. The molecule has 0 radical (unpaired) electrons. The molecule has 0 spiro atoms. The molecule has 2 rings (SSSR count). The van der Waals surface area contributed by atoms with Gasteiger partial charge >= 0.3 is 0 Å². The van der Waals surface area contributed by atoms with E-state index in [0.717, 1.165) is 23.3 Å². The number of anilines is 1. The molecule has 1 N–H and O–H groups in total. The van der Waals surface area contributed by atoms with Crippen molar-refractivity contribution in [3.05, 3.63) is 35.9 Å². The molecule has 4 heteroatoms. The number of amides is 1. The lowest BCUT2D eigenvalue weighted by atomic mass is 10.1. The topological polar surface area (TPSA) is 45.2 Å². The van der Waals surface area contributed by atoms with E-state index in [1.165, 1.54) is 0 Å². The summed E-state index contributed by atoms with van der Waals surface area (Å²) < 4.78 is 0. The van der Waals surface area contributed by atoms with Crippen LogP contribution in [0.25, 0.3) is 10.9 Å². The fourth-order valence-electron chi connectivity index (χ4n) is 2.52. The molecule has 0 unspecified atom stereocenters. The molecule has 2 aromatic rings. The minimum absolute atomic E-state index is 0.0604. The molecule has 0 saturated carbocycles. The van der Waals surface area contributed by atoms with Gasteiger partial charge in [-0.3, -0.25) is 4.79 Å². The molecule has 0 bridgehead atoms. The van der Waals surface area contributed by atoms with Gasteiger partial charge in [-0.25, -0.2) is 4.98 Å². The second-order valence-corrected chi connectivity index (χ2v) is 5.29. The highest BCUT2D eigenvalue weighted by atomic mass is 16.2. The Kier molecular flexibility index (Phi) is 4.78. The summed E-state index contributed by atoms with van der Waals surface area (Å²) in [5.74, 6) is 0.810. The third-order valence-electron chi connectivity index (χ3n) is 3.53. The van der Waals surface area contributed by atoms with Crippen LogP contribution in [0.15, 0.2) is 30.3 Å². The minimum atomic E-state index is 0.0604. The molecule has 1 aromatic carbocycles. The van der Waals surface area contributed by atoms with Crippen molar-refractivity contribution < 1.29 is 4.79 Å². The van der Waals surface area contributed by atoms with Crippen LogP contribution in [-0.4, -0.2) is 34.9 Å². The van der Waals surface area contributed by atoms with Crippen LogP contribution in [0, 0.1) is 0 Å². The SMILES string of the molecule is CCNc1cc(C(=O)N(CC)C(C)C)c2ccccc2n1. The summed E-state index contributed by atoms with van der Waals surface area (Å²) in [6.07, 6.45) is 0. The number of carbonyl (C=O) groups excluding carboxylic acids is 1. The molecular formula is C17H23N3O. The quantitative estimate of drug-likeness (QED) is 0.914. The number of carbonyl (C=O) groups is 1. The molecule has 0 aliphatic carbocycles. The molecule has 1 aromatic heterocycles. The number of rotatable bonds is 5. The van der Waals surface area contributed by atoms with Crippen molar-refractivity contribution >= 4 is 22.6 Å². The summed E-state index contributed by atoms with van der Waals surface area (Å²) in [7, 11) is 0. The number of nitrogens with zero attached hydrogens (tertiary/aromatic N) is 2. The van der Waals surface area contributed by atoms with Gasteiger partial charge in [0.25, 0.3) is 5.91 Å². The fourth-order valence-corrected chi connectivity index (χ4v) is 2.52. The van der Waals surface area contributed by atoms with Crippen molar-refractivity contribution in [2.24, 2.45) is 0 Å². The fraction of sp³-hybridized carbons (Fsp3) is 0.412. The van der Waals surface area contributed by atoms with Gasteiger partial charge in [-0.1, -0.05) is 18.2 Å². The highest BCUT2D eigenvalue weighted by molar-refractivity contribution is 6.07. The molecule has 0 aliphatic rings. The van der Waals surface area contributed by atoms with E-state index in [0.29, 0.717) is 12.1 Å². The van der Waals surface area contributed by atoms with Crippen molar-refractivity contribution in [2.75, 3.05) is 18.4 Å². The third kappa shape index (κ3) is 3.15. The summed E-state index contributed by atoms with van der Waals surface area (Å²) in [5.41, 5.74) is 1.56. The van der Waals surface area contributed by atoms with Gasteiger partial charge in [-0.05, 0) is 39.8 Å². The summed E-state index contributed by atoms with van der Waals surface area (Å²) in [6, 6.07) is 9.83. The molecule has 112 valence electrons. The Bertz CT molecular complexity index is 637. The van der Waals surface area contributed by atoms with E-state index in [-0.39, 0.29) is 11.9 Å². The maximum atomic E-state index is 12.9. The van der Waals surface area contributed by atoms with Gasteiger partial charge in [0.2, 0.25) is 0 Å². The van der Waals surface area contributed by atoms with E-state index in [2.05, 4.69) is 10.3 Å². The second-order valence-electron chi connectivity index (χ2n) is 5.29. The zero-order valence-electron chi connectivity index (χ0n) is 13.2. The Hall–Kier alpha value is -2.10. The van der Waals surface area contributed by atoms with E-state index < -0.39 is 0 Å². The van der Waals surface area contributed by atoms with Gasteiger partial charge in [-0.2, -0.15) is 0 Å². The predicted molar refractivity (Wildman–Crippen MR) is 87.8 cm³/mol. The van der Waals surface area contributed by atoms with Crippen LogP contribution < -0.4 is 5.32 Å². The summed E-state index contributed by atoms with van der Waals surface area (Å²) >= 11 is 0. The van der Waals surface area contributed by atoms with Crippen LogP contribution in [0.2, 0.25) is 0 Å². The van der Waals surface area contributed by atoms with Crippen molar-refractivity contribution in [1.29, 1.82) is 0 Å². The molecule has 4 nitrogen and oxygen atoms in total. The van der Waals surface area contributed by atoms with Crippen LogP contribution in [0.1, 0.15) is 38.1 Å². The number of benzene rings is 1. The van der Waals surface area contributed by atoms with Gasteiger partial charge in [0.15, 0.2) is 0 Å². The normalized spacial score (nSPS) is 10.9. The molecule has 1 heterocycles. The minimum Gasteiger partial charge on any atom is -0.370 e. The first-order valence-corrected chi connectivity index (χ1v) is 7.53. The van der Waals surface area contributed by atoms with Crippen LogP contribution in [0.4, 0.5) is 5.82 Å². The number of nitrogens with one attached hydrogen (secondary N) is 1. The number of hydrogen-bond acceptors (Lipinski definition) is 3. The van der Waals surface area contributed by atoms with Crippen LogP contribution >= 0.6 is 0 Å². The van der Waals surface area contributed by atoms with Crippen molar-refractivity contribution in [1.82, 2.24) is 9.88 Å². The number of hydrogen-bond donors (Lipinski definition) is 1. The van der Waals surface area contributed by atoms with Crippen molar-refractivity contribution in [2.45, 2.75) is 33.7 Å². The molecule has 0 saturated heterocycles. The average Bonchev–Trinajstić information content (AvgIpc) is 2.47. The smallest absolute Gasteiger partial charge is 0.254 e. The Labute approximate surface area is 126 Å². The van der Waals surface area contributed by atoms with E-state index in [1.54, 1.807) is 0 Å². The van der Waals surface area contributed by atoms with E-state index in [9.17, 15) is 4.79 Å². The van der Waals surface area contributed by atoms with Crippen LogP contribution in [0.5, 0.6) is 0 Å². The molecule has 0 aliphatic heterocycles. The molecular weight excluding hydrogens is 262 g/mol. The standard InChI is InChI=1S/C17H23N3O/c1-5-18-16-11-14(17(21)20(6-2)12(3)4)13-9-7-8-10-15(13)19-16/h7-12H,5-6H2,1-4H3,(H,18,19). The largest absolute Gasteiger partial charge is 0.370 e. The summed E-state index contributed by atoms with van der Waals surface area (Å²) in [6.45, 7) is 9.58.